The second-order valence-electron chi connectivity index (χ2n) is 5.17. The first-order valence-electron chi connectivity index (χ1n) is 6.68. The Kier molecular flexibility index (Phi) is 3.92. The van der Waals surface area contributed by atoms with E-state index in [4.69, 9.17) is 0 Å². The van der Waals surface area contributed by atoms with Crippen molar-refractivity contribution < 1.29 is 14.7 Å². The Bertz CT molecular complexity index is 532. The first-order valence-corrected chi connectivity index (χ1v) is 6.68. The van der Waals surface area contributed by atoms with Gasteiger partial charge < -0.3 is 15.3 Å². The van der Waals surface area contributed by atoms with Gasteiger partial charge in [-0.15, -0.1) is 0 Å². The molecule has 1 saturated heterocycles. The van der Waals surface area contributed by atoms with Crippen LogP contribution < -0.4 is 10.2 Å². The number of carboxylic acids is 1. The molecule has 1 aromatic rings. The number of hydrogen-bond acceptors (Lipinski definition) is 4. The van der Waals surface area contributed by atoms with Gasteiger partial charge in [-0.25, -0.2) is 4.79 Å². The van der Waals surface area contributed by atoms with Gasteiger partial charge >= 0.3 is 5.97 Å². The summed E-state index contributed by atoms with van der Waals surface area (Å²) in [6.45, 7) is 2.40. The summed E-state index contributed by atoms with van der Waals surface area (Å²) in [6.07, 6.45) is 3.98. The van der Waals surface area contributed by atoms with Crippen LogP contribution in [-0.2, 0) is 4.79 Å². The molecular formula is C14H19N3O3. The van der Waals surface area contributed by atoms with Crippen LogP contribution in [0.5, 0.6) is 0 Å². The zero-order valence-electron chi connectivity index (χ0n) is 11.7. The van der Waals surface area contributed by atoms with Crippen molar-refractivity contribution in [1.82, 2.24) is 10.3 Å². The molecule has 1 amide bonds. The first-order chi connectivity index (χ1) is 9.49. The lowest BCUT2D eigenvalue weighted by Crippen LogP contribution is -2.55. The van der Waals surface area contributed by atoms with Crippen LogP contribution in [0.4, 0.5) is 5.69 Å². The SMILES string of the molecule is CNC(=O)c1cc(N2CCCCC2(C)C(=O)O)ccn1. The number of pyridine rings is 1. The Morgan fingerprint density at radius 3 is 2.85 bits per heavy atom. The van der Waals surface area contributed by atoms with Gasteiger partial charge in [0.15, 0.2) is 0 Å². The van der Waals surface area contributed by atoms with Gasteiger partial charge in [0.2, 0.25) is 0 Å². The van der Waals surface area contributed by atoms with Crippen molar-refractivity contribution in [3.8, 4) is 0 Å². The fourth-order valence-electron chi connectivity index (χ4n) is 2.60. The van der Waals surface area contributed by atoms with Gasteiger partial charge in [0.25, 0.3) is 5.91 Å². The van der Waals surface area contributed by atoms with Crippen molar-refractivity contribution in [1.29, 1.82) is 0 Å². The van der Waals surface area contributed by atoms with E-state index in [2.05, 4.69) is 10.3 Å². The number of nitrogens with one attached hydrogen (secondary N) is 1. The Balaban J connectivity index is 2.38. The van der Waals surface area contributed by atoms with Gasteiger partial charge in [0.1, 0.15) is 11.2 Å². The zero-order valence-corrected chi connectivity index (χ0v) is 11.7. The number of piperidine rings is 1. The number of carbonyl (C=O) groups is 2. The average molecular weight is 277 g/mol. The van der Waals surface area contributed by atoms with Crippen LogP contribution in [0, 0.1) is 0 Å². The molecule has 2 heterocycles. The molecule has 1 atom stereocenters. The van der Waals surface area contributed by atoms with Crippen molar-refractivity contribution in [3.63, 3.8) is 0 Å². The van der Waals surface area contributed by atoms with Crippen molar-refractivity contribution >= 4 is 17.6 Å². The zero-order chi connectivity index (χ0) is 14.8. The van der Waals surface area contributed by atoms with Gasteiger partial charge in [0, 0.05) is 25.5 Å². The molecule has 1 aromatic heterocycles. The molecule has 2 N–H and O–H groups in total. The van der Waals surface area contributed by atoms with Crippen LogP contribution in [0.15, 0.2) is 18.3 Å². The minimum atomic E-state index is -0.931. The molecule has 2 rings (SSSR count). The molecule has 1 fully saturated rings. The Labute approximate surface area is 117 Å². The van der Waals surface area contributed by atoms with E-state index in [9.17, 15) is 14.7 Å². The van der Waals surface area contributed by atoms with Crippen LogP contribution in [0.25, 0.3) is 0 Å². The van der Waals surface area contributed by atoms with Crippen LogP contribution in [-0.4, -0.2) is 41.1 Å². The quantitative estimate of drug-likeness (QED) is 0.869. The molecule has 1 aliphatic rings. The maximum atomic E-state index is 11.6. The van der Waals surface area contributed by atoms with E-state index in [0.29, 0.717) is 18.7 Å². The molecule has 0 aliphatic carbocycles. The van der Waals surface area contributed by atoms with E-state index in [0.717, 1.165) is 18.5 Å². The lowest BCUT2D eigenvalue weighted by molar-refractivity contribution is -0.143. The summed E-state index contributed by atoms with van der Waals surface area (Å²) >= 11 is 0. The van der Waals surface area contributed by atoms with Crippen LogP contribution >= 0.6 is 0 Å². The Hall–Kier alpha value is -2.11. The lowest BCUT2D eigenvalue weighted by atomic mass is 9.88. The molecule has 1 unspecified atom stereocenters. The number of amides is 1. The standard InChI is InChI=1S/C14H19N3O3/c1-14(13(19)20)6-3-4-8-17(14)10-5-7-16-11(9-10)12(18)15-2/h5,7,9H,3-4,6,8H2,1-2H3,(H,15,18)(H,19,20). The number of nitrogens with zero attached hydrogens (tertiary/aromatic N) is 2. The van der Waals surface area contributed by atoms with E-state index in [1.54, 1.807) is 26.1 Å². The lowest BCUT2D eigenvalue weighted by Gasteiger charge is -2.43. The third-order valence-corrected chi connectivity index (χ3v) is 3.87. The van der Waals surface area contributed by atoms with E-state index >= 15 is 0 Å². The molecule has 108 valence electrons. The van der Waals surface area contributed by atoms with Crippen LogP contribution in [0.3, 0.4) is 0 Å². The summed E-state index contributed by atoms with van der Waals surface area (Å²) < 4.78 is 0. The summed E-state index contributed by atoms with van der Waals surface area (Å²) in [6, 6.07) is 3.39. The number of aromatic nitrogens is 1. The van der Waals surface area contributed by atoms with E-state index < -0.39 is 11.5 Å². The number of rotatable bonds is 3. The molecule has 0 radical (unpaired) electrons. The molecule has 0 bridgehead atoms. The second-order valence-corrected chi connectivity index (χ2v) is 5.17. The highest BCUT2D eigenvalue weighted by Crippen LogP contribution is 2.33. The summed E-state index contributed by atoms with van der Waals surface area (Å²) in [4.78, 5) is 29.1. The van der Waals surface area contributed by atoms with Crippen molar-refractivity contribution in [2.45, 2.75) is 31.7 Å². The largest absolute Gasteiger partial charge is 0.480 e. The van der Waals surface area contributed by atoms with Crippen molar-refractivity contribution in [2.24, 2.45) is 0 Å². The first kappa shape index (κ1) is 14.3. The summed E-state index contributed by atoms with van der Waals surface area (Å²) in [7, 11) is 1.54. The monoisotopic (exact) mass is 277 g/mol. The van der Waals surface area contributed by atoms with Gasteiger partial charge in [-0.05, 0) is 38.3 Å². The van der Waals surface area contributed by atoms with Crippen molar-refractivity contribution in [2.75, 3.05) is 18.5 Å². The smallest absolute Gasteiger partial charge is 0.329 e. The van der Waals surface area contributed by atoms with Gasteiger partial charge in [-0.1, -0.05) is 0 Å². The normalized spacial score (nSPS) is 22.4. The van der Waals surface area contributed by atoms with Gasteiger partial charge in [-0.2, -0.15) is 0 Å². The highest BCUT2D eigenvalue weighted by atomic mass is 16.4. The van der Waals surface area contributed by atoms with E-state index in [1.807, 2.05) is 4.90 Å². The molecule has 6 nitrogen and oxygen atoms in total. The second kappa shape index (κ2) is 5.48. The number of carbonyl (C=O) groups excluding carboxylic acids is 1. The number of hydrogen-bond donors (Lipinski definition) is 2. The fourth-order valence-corrected chi connectivity index (χ4v) is 2.60. The van der Waals surface area contributed by atoms with E-state index in [-0.39, 0.29) is 5.91 Å². The number of aliphatic carboxylic acids is 1. The Morgan fingerprint density at radius 1 is 1.45 bits per heavy atom. The molecule has 0 saturated carbocycles. The highest BCUT2D eigenvalue weighted by Gasteiger charge is 2.41. The predicted octanol–water partition coefficient (Wildman–Crippen LogP) is 1.27. The molecular weight excluding hydrogens is 258 g/mol. The molecule has 1 aliphatic heterocycles. The van der Waals surface area contributed by atoms with Crippen LogP contribution in [0.1, 0.15) is 36.7 Å². The maximum Gasteiger partial charge on any atom is 0.329 e. The van der Waals surface area contributed by atoms with E-state index in [1.165, 1.54) is 6.20 Å². The third kappa shape index (κ3) is 2.45. The van der Waals surface area contributed by atoms with Gasteiger partial charge in [0.05, 0.1) is 0 Å². The highest BCUT2D eigenvalue weighted by molar-refractivity contribution is 5.93. The summed E-state index contributed by atoms with van der Waals surface area (Å²) in [5.41, 5.74) is 0.0889. The number of anilines is 1. The van der Waals surface area contributed by atoms with Crippen LogP contribution in [0.2, 0.25) is 0 Å². The topological polar surface area (TPSA) is 82.5 Å². The van der Waals surface area contributed by atoms with Crippen molar-refractivity contribution in [3.05, 3.63) is 24.0 Å². The van der Waals surface area contributed by atoms with Gasteiger partial charge in [-0.3, -0.25) is 9.78 Å². The summed E-state index contributed by atoms with van der Waals surface area (Å²) in [5, 5.41) is 12.0. The summed E-state index contributed by atoms with van der Waals surface area (Å²) in [5.74, 6) is -1.11. The molecule has 6 heteroatoms. The average Bonchev–Trinajstić information content (AvgIpc) is 2.47. The molecule has 20 heavy (non-hydrogen) atoms. The minimum absolute atomic E-state index is 0.277. The minimum Gasteiger partial charge on any atom is -0.480 e. The third-order valence-electron chi connectivity index (χ3n) is 3.87. The number of carboxylic acid groups (broad SMARTS) is 1. The molecule has 0 spiro atoms. The fraction of sp³-hybridized carbons (Fsp3) is 0.500. The maximum absolute atomic E-state index is 11.6. The Morgan fingerprint density at radius 2 is 2.20 bits per heavy atom. The molecule has 0 aromatic carbocycles. The predicted molar refractivity (Wildman–Crippen MR) is 74.9 cm³/mol.